The van der Waals surface area contributed by atoms with E-state index in [0.29, 0.717) is 37.3 Å². The fourth-order valence-corrected chi connectivity index (χ4v) is 4.26. The zero-order valence-electron chi connectivity index (χ0n) is 15.3. The average Bonchev–Trinajstić information content (AvgIpc) is 3.13. The van der Waals surface area contributed by atoms with Crippen LogP contribution < -0.4 is 11.1 Å². The number of β-amino-alcohol motifs (C(OH)–C–C–N with tert-alkyl or cyclic N) is 1. The van der Waals surface area contributed by atoms with Crippen molar-refractivity contribution in [3.8, 4) is 0 Å². The number of rotatable bonds is 4. The zero-order chi connectivity index (χ0) is 20.0. The number of aliphatic hydroxyl groups excluding tert-OH is 1. The third-order valence-electron chi connectivity index (χ3n) is 5.73. The highest BCUT2D eigenvalue weighted by molar-refractivity contribution is 6.24. The van der Waals surface area contributed by atoms with Crippen LogP contribution in [0.3, 0.4) is 0 Å². The van der Waals surface area contributed by atoms with E-state index in [-0.39, 0.29) is 24.3 Å². The number of benzene rings is 1. The number of nitrogens with one attached hydrogen (secondary N) is 1. The van der Waals surface area contributed by atoms with Crippen LogP contribution in [0.25, 0.3) is 0 Å². The molecule has 3 aliphatic rings. The summed E-state index contributed by atoms with van der Waals surface area (Å²) >= 11 is 0. The standard InChI is InChI=1S/C19H22N4O5/c20-6-11-8-22(9-14(11)24)7-10-2-1-3-12-16(10)19(28)23(18(12)27)13-4-5-15(25)21-17(13)26/h1-3,11,13-14,24H,4-9,20H2,(H,21,25,26)/t11-,13?,14-/m1/s1. The van der Waals surface area contributed by atoms with Crippen LogP contribution >= 0.6 is 0 Å². The summed E-state index contributed by atoms with van der Waals surface area (Å²) in [5.41, 5.74) is 6.92. The molecule has 0 spiro atoms. The van der Waals surface area contributed by atoms with Crippen molar-refractivity contribution in [2.24, 2.45) is 11.7 Å². The van der Waals surface area contributed by atoms with E-state index in [2.05, 4.69) is 5.32 Å². The third-order valence-corrected chi connectivity index (χ3v) is 5.73. The number of carbonyl (C=O) groups excluding carboxylic acids is 4. The van der Waals surface area contributed by atoms with Crippen LogP contribution in [0.4, 0.5) is 0 Å². The first-order valence-corrected chi connectivity index (χ1v) is 9.34. The van der Waals surface area contributed by atoms with Gasteiger partial charge >= 0.3 is 0 Å². The molecule has 3 heterocycles. The number of imide groups is 2. The van der Waals surface area contributed by atoms with E-state index in [1.54, 1.807) is 18.2 Å². The number of hydrogen-bond donors (Lipinski definition) is 3. The third kappa shape index (κ3) is 3.01. The maximum atomic E-state index is 13.1. The first-order chi connectivity index (χ1) is 13.4. The second-order valence-electron chi connectivity index (χ2n) is 7.54. The van der Waals surface area contributed by atoms with E-state index in [1.807, 2.05) is 4.90 Å². The molecule has 28 heavy (non-hydrogen) atoms. The van der Waals surface area contributed by atoms with E-state index >= 15 is 0 Å². The Labute approximate surface area is 161 Å². The van der Waals surface area contributed by atoms with Gasteiger partial charge in [0, 0.05) is 32.0 Å². The molecule has 1 aromatic carbocycles. The molecule has 0 bridgehead atoms. The van der Waals surface area contributed by atoms with Crippen LogP contribution in [0.15, 0.2) is 18.2 Å². The van der Waals surface area contributed by atoms with E-state index in [0.717, 1.165) is 4.90 Å². The Bertz CT molecular complexity index is 870. The van der Waals surface area contributed by atoms with Gasteiger partial charge in [-0.3, -0.25) is 34.3 Å². The molecular formula is C19H22N4O5. The molecule has 3 aliphatic heterocycles. The largest absolute Gasteiger partial charge is 0.391 e. The summed E-state index contributed by atoms with van der Waals surface area (Å²) in [6.45, 7) is 1.84. The van der Waals surface area contributed by atoms with Crippen LogP contribution in [0, 0.1) is 5.92 Å². The minimum Gasteiger partial charge on any atom is -0.391 e. The van der Waals surface area contributed by atoms with Gasteiger partial charge in [0.2, 0.25) is 11.8 Å². The molecule has 9 nitrogen and oxygen atoms in total. The lowest BCUT2D eigenvalue weighted by Crippen LogP contribution is -2.54. The van der Waals surface area contributed by atoms with Crippen molar-refractivity contribution in [1.29, 1.82) is 0 Å². The summed E-state index contributed by atoms with van der Waals surface area (Å²) in [4.78, 5) is 52.4. The van der Waals surface area contributed by atoms with Crippen molar-refractivity contribution in [3.63, 3.8) is 0 Å². The SMILES string of the molecule is NC[C@@H]1CN(Cc2cccc3c2C(=O)N(C2CCC(=O)NC2=O)C3=O)C[C@H]1O. The number of nitrogens with two attached hydrogens (primary N) is 1. The molecule has 0 radical (unpaired) electrons. The normalized spacial score (nSPS) is 28.1. The molecule has 4 rings (SSSR count). The summed E-state index contributed by atoms with van der Waals surface area (Å²) in [6, 6.07) is 4.08. The van der Waals surface area contributed by atoms with Crippen molar-refractivity contribution in [1.82, 2.24) is 15.1 Å². The number of aliphatic hydroxyl groups is 1. The fraction of sp³-hybridized carbons (Fsp3) is 0.474. The number of amides is 4. The van der Waals surface area contributed by atoms with Gasteiger partial charge in [-0.1, -0.05) is 12.1 Å². The van der Waals surface area contributed by atoms with Gasteiger partial charge in [-0.2, -0.15) is 0 Å². The highest BCUT2D eigenvalue weighted by Crippen LogP contribution is 2.31. The Kier molecular flexibility index (Phi) is 4.74. The molecule has 1 aromatic rings. The Morgan fingerprint density at radius 2 is 1.93 bits per heavy atom. The van der Waals surface area contributed by atoms with E-state index in [9.17, 15) is 24.3 Å². The second-order valence-corrected chi connectivity index (χ2v) is 7.54. The lowest BCUT2D eigenvalue weighted by Gasteiger charge is -2.28. The predicted molar refractivity (Wildman–Crippen MR) is 96.9 cm³/mol. The van der Waals surface area contributed by atoms with Crippen LogP contribution in [0.1, 0.15) is 39.1 Å². The predicted octanol–water partition coefficient (Wildman–Crippen LogP) is -1.16. The fourth-order valence-electron chi connectivity index (χ4n) is 4.26. The molecule has 148 valence electrons. The minimum atomic E-state index is -0.979. The number of fused-ring (bicyclic) bond motifs is 1. The molecule has 1 unspecified atom stereocenters. The Balaban J connectivity index is 1.60. The molecule has 4 N–H and O–H groups in total. The van der Waals surface area contributed by atoms with Gasteiger partial charge in [-0.15, -0.1) is 0 Å². The van der Waals surface area contributed by atoms with Crippen LogP contribution in [0.2, 0.25) is 0 Å². The Hall–Kier alpha value is -2.62. The van der Waals surface area contributed by atoms with E-state index in [4.69, 9.17) is 5.73 Å². The molecule has 0 saturated carbocycles. The number of hydrogen-bond acceptors (Lipinski definition) is 7. The van der Waals surface area contributed by atoms with Crippen molar-refractivity contribution < 1.29 is 24.3 Å². The summed E-state index contributed by atoms with van der Waals surface area (Å²) in [7, 11) is 0. The van der Waals surface area contributed by atoms with Gasteiger partial charge in [-0.25, -0.2) is 0 Å². The number of piperidine rings is 1. The molecule has 2 fully saturated rings. The molecular weight excluding hydrogens is 364 g/mol. The van der Waals surface area contributed by atoms with Crippen molar-refractivity contribution in [3.05, 3.63) is 34.9 Å². The number of nitrogens with zero attached hydrogens (tertiary/aromatic N) is 2. The highest BCUT2D eigenvalue weighted by Gasteiger charge is 2.45. The van der Waals surface area contributed by atoms with Gasteiger partial charge in [0.05, 0.1) is 17.2 Å². The average molecular weight is 386 g/mol. The summed E-state index contributed by atoms with van der Waals surface area (Å²) in [6.07, 6.45) is -0.302. The van der Waals surface area contributed by atoms with Crippen LogP contribution in [-0.4, -0.2) is 70.3 Å². The van der Waals surface area contributed by atoms with Crippen molar-refractivity contribution in [2.75, 3.05) is 19.6 Å². The zero-order valence-corrected chi connectivity index (χ0v) is 15.3. The van der Waals surface area contributed by atoms with Crippen LogP contribution in [0.5, 0.6) is 0 Å². The van der Waals surface area contributed by atoms with E-state index in [1.165, 1.54) is 0 Å². The number of carbonyl (C=O) groups is 4. The maximum absolute atomic E-state index is 13.1. The molecule has 0 aliphatic carbocycles. The first kappa shape index (κ1) is 18.7. The number of likely N-dealkylation sites (tertiary alicyclic amines) is 1. The molecule has 3 atom stereocenters. The van der Waals surface area contributed by atoms with Crippen molar-refractivity contribution in [2.45, 2.75) is 31.5 Å². The highest BCUT2D eigenvalue weighted by atomic mass is 16.3. The van der Waals surface area contributed by atoms with Gasteiger partial charge in [0.15, 0.2) is 0 Å². The van der Waals surface area contributed by atoms with Crippen LogP contribution in [-0.2, 0) is 16.1 Å². The smallest absolute Gasteiger partial charge is 0.262 e. The summed E-state index contributed by atoms with van der Waals surface area (Å²) in [5, 5.41) is 12.3. The lowest BCUT2D eigenvalue weighted by atomic mass is 10.0. The second kappa shape index (κ2) is 7.08. The monoisotopic (exact) mass is 386 g/mol. The molecule has 2 saturated heterocycles. The van der Waals surface area contributed by atoms with Gasteiger partial charge in [0.25, 0.3) is 11.8 Å². The Morgan fingerprint density at radius 1 is 1.14 bits per heavy atom. The molecule has 0 aromatic heterocycles. The minimum absolute atomic E-state index is 0.0194. The lowest BCUT2D eigenvalue weighted by molar-refractivity contribution is -0.136. The molecule has 9 heteroatoms. The van der Waals surface area contributed by atoms with Crippen molar-refractivity contribution >= 4 is 23.6 Å². The summed E-state index contributed by atoms with van der Waals surface area (Å²) < 4.78 is 0. The Morgan fingerprint density at radius 3 is 2.61 bits per heavy atom. The molecule has 4 amide bonds. The maximum Gasteiger partial charge on any atom is 0.262 e. The van der Waals surface area contributed by atoms with Gasteiger partial charge in [-0.05, 0) is 24.6 Å². The van der Waals surface area contributed by atoms with Gasteiger partial charge in [0.1, 0.15) is 6.04 Å². The quantitative estimate of drug-likeness (QED) is 0.556. The van der Waals surface area contributed by atoms with Gasteiger partial charge < -0.3 is 10.8 Å². The topological polar surface area (TPSA) is 133 Å². The first-order valence-electron chi connectivity index (χ1n) is 9.34. The van der Waals surface area contributed by atoms with E-state index < -0.39 is 35.8 Å². The summed E-state index contributed by atoms with van der Waals surface area (Å²) in [5.74, 6) is -2.08.